The minimum atomic E-state index is -0.141. The van der Waals surface area contributed by atoms with E-state index in [1.54, 1.807) is 58.3 Å². The smallest absolute Gasteiger partial charge is 0.255 e. The van der Waals surface area contributed by atoms with Gasteiger partial charge in [-0.2, -0.15) is 0 Å². The van der Waals surface area contributed by atoms with Gasteiger partial charge in [0.2, 0.25) is 0 Å². The van der Waals surface area contributed by atoms with Crippen LogP contribution in [0.1, 0.15) is 27.3 Å². The number of aromatic nitrogens is 5. The van der Waals surface area contributed by atoms with Crippen LogP contribution in [-0.2, 0) is 12.8 Å². The second-order valence-electron chi connectivity index (χ2n) is 8.20. The maximum Gasteiger partial charge on any atom is 0.255 e. The highest BCUT2D eigenvalue weighted by atomic mass is 35.5. The van der Waals surface area contributed by atoms with Gasteiger partial charge in [0.15, 0.2) is 5.78 Å². The monoisotopic (exact) mass is 531 g/mol. The van der Waals surface area contributed by atoms with Crippen LogP contribution in [0.15, 0.2) is 90.2 Å². The van der Waals surface area contributed by atoms with Gasteiger partial charge in [0.1, 0.15) is 11.4 Å². The van der Waals surface area contributed by atoms with Gasteiger partial charge < -0.3 is 4.74 Å². The summed E-state index contributed by atoms with van der Waals surface area (Å²) in [5.74, 6) is 0.576. The first-order valence-corrected chi connectivity index (χ1v) is 12.8. The van der Waals surface area contributed by atoms with Gasteiger partial charge in [-0.05, 0) is 48.0 Å². The predicted octanol–water partition coefficient (Wildman–Crippen LogP) is 4.97. The number of ketones is 1. The minimum absolute atomic E-state index is 0.0178. The maximum atomic E-state index is 12.4. The molecule has 0 fully saturated rings. The van der Waals surface area contributed by atoms with Crippen molar-refractivity contribution in [2.45, 2.75) is 19.3 Å². The van der Waals surface area contributed by atoms with E-state index in [4.69, 9.17) is 16.3 Å². The fourth-order valence-electron chi connectivity index (χ4n) is 3.79. The maximum absolute atomic E-state index is 12.4. The van der Waals surface area contributed by atoms with Gasteiger partial charge >= 0.3 is 0 Å². The predicted molar refractivity (Wildman–Crippen MR) is 142 cm³/mol. The minimum Gasteiger partial charge on any atom is -0.491 e. The Balaban J connectivity index is 1.37. The first-order valence-electron chi connectivity index (χ1n) is 11.6. The van der Waals surface area contributed by atoms with E-state index >= 15 is 0 Å². The average molecular weight is 532 g/mol. The zero-order valence-corrected chi connectivity index (χ0v) is 21.2. The summed E-state index contributed by atoms with van der Waals surface area (Å²) in [6.45, 7) is 0.420. The number of Topliss-reactive ketones (excluding diaryl/α,β-unsaturated/α-hetero) is 1. The Hall–Kier alpha value is -4.08. The quantitative estimate of drug-likeness (QED) is 0.236. The second kappa shape index (κ2) is 11.3. The van der Waals surface area contributed by atoms with Gasteiger partial charge in [-0.15, -0.1) is 16.4 Å². The molecule has 0 spiro atoms. The Bertz CT molecular complexity index is 1580. The summed E-state index contributed by atoms with van der Waals surface area (Å²) >= 11 is 7.22. The van der Waals surface area contributed by atoms with E-state index in [9.17, 15) is 9.59 Å². The third-order valence-electron chi connectivity index (χ3n) is 5.69. The molecule has 0 N–H and O–H groups in total. The highest BCUT2D eigenvalue weighted by molar-refractivity contribution is 7.18. The van der Waals surface area contributed by atoms with Crippen LogP contribution in [0.5, 0.6) is 5.75 Å². The SMILES string of the molecule is O=C(CCc1cn(-c2ccc(-n3ccccc3=O)cc2OCCc2ccncc2)nn1)c1ccc(Cl)s1. The average Bonchev–Trinajstić information content (AvgIpc) is 3.57. The molecule has 5 rings (SSSR count). The number of pyridine rings is 2. The number of nitrogens with zero attached hydrogens (tertiary/aromatic N) is 5. The normalized spacial score (nSPS) is 10.9. The van der Waals surface area contributed by atoms with Crippen LogP contribution in [0.4, 0.5) is 0 Å². The molecule has 0 aliphatic heterocycles. The molecule has 0 radical (unpaired) electrons. The van der Waals surface area contributed by atoms with E-state index in [2.05, 4.69) is 15.3 Å². The zero-order valence-electron chi connectivity index (χ0n) is 19.7. The lowest BCUT2D eigenvalue weighted by atomic mass is 10.1. The fourth-order valence-corrected chi connectivity index (χ4v) is 4.80. The first kappa shape index (κ1) is 24.6. The van der Waals surface area contributed by atoms with Crippen molar-refractivity contribution in [2.75, 3.05) is 6.61 Å². The molecule has 0 aliphatic carbocycles. The lowest BCUT2D eigenvalue weighted by Crippen LogP contribution is -2.16. The number of halogens is 1. The Morgan fingerprint density at radius 2 is 1.89 bits per heavy atom. The van der Waals surface area contributed by atoms with E-state index in [1.807, 2.05) is 30.3 Å². The van der Waals surface area contributed by atoms with Crippen molar-refractivity contribution < 1.29 is 9.53 Å². The van der Waals surface area contributed by atoms with Gasteiger partial charge in [0, 0.05) is 50.0 Å². The zero-order chi connectivity index (χ0) is 25.6. The van der Waals surface area contributed by atoms with Crippen LogP contribution in [0.2, 0.25) is 4.34 Å². The van der Waals surface area contributed by atoms with E-state index in [1.165, 1.54) is 17.4 Å². The van der Waals surface area contributed by atoms with Crippen molar-refractivity contribution >= 4 is 28.7 Å². The number of carbonyl (C=O) groups is 1. The summed E-state index contributed by atoms with van der Waals surface area (Å²) in [6, 6.07) is 17.8. The van der Waals surface area contributed by atoms with Gasteiger partial charge in [-0.1, -0.05) is 22.9 Å². The van der Waals surface area contributed by atoms with Crippen LogP contribution in [0.25, 0.3) is 11.4 Å². The van der Waals surface area contributed by atoms with Crippen molar-refractivity contribution in [1.29, 1.82) is 0 Å². The molecule has 5 aromatic rings. The molecule has 186 valence electrons. The van der Waals surface area contributed by atoms with Gasteiger partial charge in [-0.3, -0.25) is 19.1 Å². The molecule has 0 atom stereocenters. The molecule has 0 bridgehead atoms. The first-order chi connectivity index (χ1) is 18.1. The van der Waals surface area contributed by atoms with E-state index in [-0.39, 0.29) is 11.3 Å². The van der Waals surface area contributed by atoms with Crippen LogP contribution < -0.4 is 10.3 Å². The molecule has 0 unspecified atom stereocenters. The molecule has 10 heteroatoms. The standard InChI is InChI=1S/C27H22ClN5O3S/c28-26-9-8-25(37-26)23(34)7-4-20-18-33(31-30-20)22-6-5-21(32-15-2-1-3-27(32)35)17-24(22)36-16-12-19-10-13-29-14-11-19/h1-3,5-6,8-11,13-15,17-18H,4,7,12,16H2. The molecule has 4 aromatic heterocycles. The molecule has 0 saturated heterocycles. The molecule has 8 nitrogen and oxygen atoms in total. The van der Waals surface area contributed by atoms with Gasteiger partial charge in [-0.25, -0.2) is 4.68 Å². The summed E-state index contributed by atoms with van der Waals surface area (Å²) in [5.41, 5.74) is 3.00. The van der Waals surface area contributed by atoms with Crippen molar-refractivity contribution in [3.8, 4) is 17.1 Å². The van der Waals surface area contributed by atoms with Crippen LogP contribution in [0, 0.1) is 0 Å². The number of carbonyl (C=O) groups excluding carboxylic acids is 1. The second-order valence-corrected chi connectivity index (χ2v) is 9.91. The molecule has 0 aliphatic rings. The van der Waals surface area contributed by atoms with E-state index in [0.717, 1.165) is 5.56 Å². The summed E-state index contributed by atoms with van der Waals surface area (Å²) in [7, 11) is 0. The van der Waals surface area contributed by atoms with Crippen molar-refractivity contribution in [1.82, 2.24) is 24.5 Å². The largest absolute Gasteiger partial charge is 0.491 e. The molecule has 37 heavy (non-hydrogen) atoms. The van der Waals surface area contributed by atoms with Gasteiger partial charge in [0.05, 0.1) is 33.4 Å². The number of thiophene rings is 1. The van der Waals surface area contributed by atoms with Crippen molar-refractivity contribution in [3.63, 3.8) is 0 Å². The summed E-state index contributed by atoms with van der Waals surface area (Å²) in [6.07, 6.45) is 8.44. The summed E-state index contributed by atoms with van der Waals surface area (Å²) in [4.78, 5) is 29.5. The Labute approximate surface area is 221 Å². The molecule has 0 saturated carbocycles. The van der Waals surface area contributed by atoms with Crippen LogP contribution >= 0.6 is 22.9 Å². The highest BCUT2D eigenvalue weighted by Gasteiger charge is 2.14. The third kappa shape index (κ3) is 6.02. The Kier molecular flexibility index (Phi) is 7.53. The van der Waals surface area contributed by atoms with E-state index in [0.29, 0.717) is 57.9 Å². The number of aryl methyl sites for hydroxylation is 1. The summed E-state index contributed by atoms with van der Waals surface area (Å²) < 4.78 is 9.94. The number of ether oxygens (including phenoxy) is 1. The lowest BCUT2D eigenvalue weighted by molar-refractivity contribution is 0.0986. The molecular formula is C27H22ClN5O3S. The third-order valence-corrected chi connectivity index (χ3v) is 6.96. The molecule has 1 aromatic carbocycles. The van der Waals surface area contributed by atoms with Crippen LogP contribution in [0.3, 0.4) is 0 Å². The van der Waals surface area contributed by atoms with Gasteiger partial charge in [0.25, 0.3) is 5.56 Å². The molecular weight excluding hydrogens is 510 g/mol. The number of hydrogen-bond donors (Lipinski definition) is 0. The molecule has 0 amide bonds. The summed E-state index contributed by atoms with van der Waals surface area (Å²) in [5, 5.41) is 8.52. The van der Waals surface area contributed by atoms with Crippen molar-refractivity contribution in [2.24, 2.45) is 0 Å². The topological polar surface area (TPSA) is 91.9 Å². The highest BCUT2D eigenvalue weighted by Crippen LogP contribution is 2.27. The lowest BCUT2D eigenvalue weighted by Gasteiger charge is -2.14. The number of rotatable bonds is 10. The fraction of sp³-hybridized carbons (Fsp3) is 0.148. The van der Waals surface area contributed by atoms with Crippen LogP contribution in [-0.4, -0.2) is 36.9 Å². The molecule has 4 heterocycles. The number of benzene rings is 1. The Morgan fingerprint density at radius 1 is 1.03 bits per heavy atom. The van der Waals surface area contributed by atoms with Crippen molar-refractivity contribution in [3.05, 3.63) is 116 Å². The van der Waals surface area contributed by atoms with E-state index < -0.39 is 0 Å². The number of hydrogen-bond acceptors (Lipinski definition) is 7. The Morgan fingerprint density at radius 3 is 2.68 bits per heavy atom.